The zero-order valence-corrected chi connectivity index (χ0v) is 9.51. The van der Waals surface area contributed by atoms with Crippen LogP contribution in [0.5, 0.6) is 0 Å². The zero-order chi connectivity index (χ0) is 7.66. The van der Waals surface area contributed by atoms with Crippen LogP contribution in [-0.2, 0) is 26.2 Å². The summed E-state index contributed by atoms with van der Waals surface area (Å²) in [4.78, 5) is 0. The van der Waals surface area contributed by atoms with E-state index in [0.29, 0.717) is 13.2 Å². The first-order valence-corrected chi connectivity index (χ1v) is 4.13. The van der Waals surface area contributed by atoms with Gasteiger partial charge in [-0.05, 0) is 12.8 Å². The molecule has 0 aromatic carbocycles. The van der Waals surface area contributed by atoms with Gasteiger partial charge in [0.2, 0.25) is 0 Å². The van der Waals surface area contributed by atoms with Crippen molar-refractivity contribution < 1.29 is 36.4 Å². The molecule has 11 heavy (non-hydrogen) atoms. The van der Waals surface area contributed by atoms with E-state index in [1.807, 2.05) is 0 Å². The van der Waals surface area contributed by atoms with Gasteiger partial charge in [-0.15, -0.1) is 0 Å². The van der Waals surface area contributed by atoms with Gasteiger partial charge in [-0.1, -0.05) is 25.7 Å². The van der Waals surface area contributed by atoms with E-state index in [-0.39, 0.29) is 26.2 Å². The van der Waals surface area contributed by atoms with Crippen LogP contribution in [-0.4, -0.2) is 23.4 Å². The largest absolute Gasteiger partial charge is 0.396 e. The molecule has 0 aliphatic heterocycles. The van der Waals surface area contributed by atoms with Crippen LogP contribution in [0, 0.1) is 0 Å². The average Bonchev–Trinajstić information content (AvgIpc) is 1.97. The molecule has 3 heteroatoms. The Balaban J connectivity index is 0. The van der Waals surface area contributed by atoms with Gasteiger partial charge < -0.3 is 10.2 Å². The van der Waals surface area contributed by atoms with E-state index in [9.17, 15) is 0 Å². The predicted molar refractivity (Wildman–Crippen MR) is 41.9 cm³/mol. The summed E-state index contributed by atoms with van der Waals surface area (Å²) in [6.45, 7) is 0.639. The van der Waals surface area contributed by atoms with Crippen molar-refractivity contribution in [2.75, 3.05) is 13.2 Å². The molecule has 0 rings (SSSR count). The molecular weight excluding hydrogens is 219 g/mol. The molecule has 0 amide bonds. The van der Waals surface area contributed by atoms with Crippen LogP contribution in [0.3, 0.4) is 0 Å². The number of rotatable bonds is 7. The first-order chi connectivity index (χ1) is 4.91. The summed E-state index contributed by atoms with van der Waals surface area (Å²) in [7, 11) is 0. The van der Waals surface area contributed by atoms with Gasteiger partial charge in [0, 0.05) is 39.4 Å². The Hall–Kier alpha value is 0.803. The van der Waals surface area contributed by atoms with Crippen molar-refractivity contribution in [3.8, 4) is 0 Å². The Kier molecular flexibility index (Phi) is 17.5. The maximum absolute atomic E-state index is 8.43. The fourth-order valence-electron chi connectivity index (χ4n) is 0.931. The van der Waals surface area contributed by atoms with Crippen molar-refractivity contribution in [3.05, 3.63) is 0 Å². The Labute approximate surface area is 88.1 Å². The molecule has 2 nitrogen and oxygen atoms in total. The summed E-state index contributed by atoms with van der Waals surface area (Å²) in [6, 6.07) is 0. The monoisotopic (exact) mass is 236 g/mol. The SMILES string of the molecule is OCCCCCCCCO.[Zr]. The maximum Gasteiger partial charge on any atom is 0.0431 e. The summed E-state index contributed by atoms with van der Waals surface area (Å²) in [5.41, 5.74) is 0. The molecule has 0 fully saturated rings. The third-order valence-corrected chi connectivity index (χ3v) is 1.57. The minimum atomic E-state index is 0. The molecule has 0 unspecified atom stereocenters. The molecule has 0 spiro atoms. The topological polar surface area (TPSA) is 40.5 Å². The number of aliphatic hydroxyl groups excluding tert-OH is 2. The Morgan fingerprint density at radius 3 is 1.09 bits per heavy atom. The third-order valence-electron chi connectivity index (χ3n) is 1.57. The van der Waals surface area contributed by atoms with E-state index >= 15 is 0 Å². The van der Waals surface area contributed by atoms with Crippen molar-refractivity contribution in [3.63, 3.8) is 0 Å². The van der Waals surface area contributed by atoms with Crippen LogP contribution >= 0.6 is 0 Å². The first kappa shape index (κ1) is 14.3. The Morgan fingerprint density at radius 2 is 0.818 bits per heavy atom. The van der Waals surface area contributed by atoms with Gasteiger partial charge in [0.15, 0.2) is 0 Å². The molecular formula is C8H18O2Zr. The minimum absolute atomic E-state index is 0. The second-order valence-electron chi connectivity index (χ2n) is 2.57. The van der Waals surface area contributed by atoms with Crippen molar-refractivity contribution in [1.29, 1.82) is 0 Å². The van der Waals surface area contributed by atoms with E-state index in [2.05, 4.69) is 0 Å². The van der Waals surface area contributed by atoms with Crippen molar-refractivity contribution in [2.24, 2.45) is 0 Å². The molecule has 0 aromatic heterocycles. The fraction of sp³-hybridized carbons (Fsp3) is 1.00. The Morgan fingerprint density at radius 1 is 0.545 bits per heavy atom. The van der Waals surface area contributed by atoms with Crippen LogP contribution in [0.4, 0.5) is 0 Å². The summed E-state index contributed by atoms with van der Waals surface area (Å²) < 4.78 is 0. The minimum Gasteiger partial charge on any atom is -0.396 e. The number of hydrogen-bond acceptors (Lipinski definition) is 2. The Bertz CT molecular complexity index is 52.1. The fourth-order valence-corrected chi connectivity index (χ4v) is 0.931. The molecule has 0 saturated heterocycles. The molecule has 0 aliphatic carbocycles. The molecule has 0 aliphatic rings. The summed E-state index contributed by atoms with van der Waals surface area (Å²) in [5, 5.41) is 16.9. The van der Waals surface area contributed by atoms with Crippen molar-refractivity contribution >= 4 is 0 Å². The van der Waals surface area contributed by atoms with Gasteiger partial charge in [-0.3, -0.25) is 0 Å². The van der Waals surface area contributed by atoms with Crippen LogP contribution in [0.25, 0.3) is 0 Å². The molecule has 2 N–H and O–H groups in total. The van der Waals surface area contributed by atoms with E-state index in [0.717, 1.165) is 25.7 Å². The van der Waals surface area contributed by atoms with E-state index in [1.165, 1.54) is 12.8 Å². The van der Waals surface area contributed by atoms with Gasteiger partial charge in [0.05, 0.1) is 0 Å². The van der Waals surface area contributed by atoms with Gasteiger partial charge in [0.1, 0.15) is 0 Å². The first-order valence-electron chi connectivity index (χ1n) is 4.13. The van der Waals surface area contributed by atoms with Gasteiger partial charge in [-0.25, -0.2) is 0 Å². The molecule has 0 radical (unpaired) electrons. The van der Waals surface area contributed by atoms with Gasteiger partial charge in [0.25, 0.3) is 0 Å². The quantitative estimate of drug-likeness (QED) is 0.656. The predicted octanol–water partition coefficient (Wildman–Crippen LogP) is 1.31. The van der Waals surface area contributed by atoms with Crippen LogP contribution < -0.4 is 0 Å². The molecule has 0 saturated carbocycles. The van der Waals surface area contributed by atoms with Gasteiger partial charge in [-0.2, -0.15) is 0 Å². The van der Waals surface area contributed by atoms with E-state index in [1.54, 1.807) is 0 Å². The molecule has 0 atom stereocenters. The maximum atomic E-state index is 8.43. The van der Waals surface area contributed by atoms with Crippen LogP contribution in [0.15, 0.2) is 0 Å². The second-order valence-corrected chi connectivity index (χ2v) is 2.57. The zero-order valence-electron chi connectivity index (χ0n) is 7.05. The molecule has 0 bridgehead atoms. The van der Waals surface area contributed by atoms with Crippen molar-refractivity contribution in [2.45, 2.75) is 38.5 Å². The second kappa shape index (κ2) is 13.4. The standard InChI is InChI=1S/C8H18O2.Zr/c9-7-5-3-1-2-4-6-8-10;/h9-10H,1-8H2;. The normalized spacial score (nSPS) is 9.27. The summed E-state index contributed by atoms with van der Waals surface area (Å²) >= 11 is 0. The molecule has 66 valence electrons. The average molecular weight is 237 g/mol. The van der Waals surface area contributed by atoms with Crippen molar-refractivity contribution in [1.82, 2.24) is 0 Å². The van der Waals surface area contributed by atoms with E-state index < -0.39 is 0 Å². The molecule has 0 aromatic rings. The summed E-state index contributed by atoms with van der Waals surface area (Å²) in [5.74, 6) is 0. The number of unbranched alkanes of at least 4 members (excludes halogenated alkanes) is 5. The smallest absolute Gasteiger partial charge is 0.0431 e. The molecule has 0 heterocycles. The van der Waals surface area contributed by atoms with Crippen LogP contribution in [0.1, 0.15) is 38.5 Å². The summed E-state index contributed by atoms with van der Waals surface area (Å²) in [6.07, 6.45) is 6.50. The van der Waals surface area contributed by atoms with Crippen LogP contribution in [0.2, 0.25) is 0 Å². The van der Waals surface area contributed by atoms with Gasteiger partial charge >= 0.3 is 0 Å². The number of hydrogen-bond donors (Lipinski definition) is 2. The third kappa shape index (κ3) is 13.7. The number of aliphatic hydroxyl groups is 2. The van der Waals surface area contributed by atoms with E-state index in [4.69, 9.17) is 10.2 Å².